The van der Waals surface area contributed by atoms with E-state index in [9.17, 15) is 14.7 Å². The van der Waals surface area contributed by atoms with Crippen molar-refractivity contribution in [3.63, 3.8) is 0 Å². The van der Waals surface area contributed by atoms with E-state index in [0.717, 1.165) is 42.5 Å². The van der Waals surface area contributed by atoms with Crippen LogP contribution in [0, 0.1) is 5.92 Å². The number of amides is 2. The summed E-state index contributed by atoms with van der Waals surface area (Å²) < 4.78 is 5.80. The number of ether oxygens (including phenoxy) is 1. The Morgan fingerprint density at radius 3 is 2.50 bits per heavy atom. The zero-order chi connectivity index (χ0) is 20.9. The number of rotatable bonds is 6. The average molecular weight is 409 g/mol. The molecule has 2 unspecified atom stereocenters. The summed E-state index contributed by atoms with van der Waals surface area (Å²) in [7, 11) is 0. The van der Waals surface area contributed by atoms with Crippen LogP contribution < -0.4 is 5.32 Å². The van der Waals surface area contributed by atoms with Gasteiger partial charge in [0.25, 0.3) is 0 Å². The molecule has 1 saturated carbocycles. The number of benzene rings is 1. The largest absolute Gasteiger partial charge is 0.394 e. The van der Waals surface area contributed by atoms with Crippen molar-refractivity contribution < 1.29 is 19.4 Å². The molecular weight excluding hydrogens is 382 g/mol. The van der Waals surface area contributed by atoms with Gasteiger partial charge in [0, 0.05) is 30.5 Å². The lowest BCUT2D eigenvalue weighted by Gasteiger charge is -2.40. The maximum atomic E-state index is 12.5. The molecule has 7 nitrogen and oxygen atoms in total. The first-order valence-corrected chi connectivity index (χ1v) is 10.5. The number of hydrogen-bond donors (Lipinski definition) is 2. The minimum absolute atomic E-state index is 0.0353. The summed E-state index contributed by atoms with van der Waals surface area (Å²) in [5, 5.41) is 13.0. The number of carbonyl (C=O) groups is 2. The van der Waals surface area contributed by atoms with Crippen LogP contribution in [-0.2, 0) is 20.9 Å². The van der Waals surface area contributed by atoms with Gasteiger partial charge in [0.05, 0.1) is 12.6 Å². The van der Waals surface area contributed by atoms with Crippen LogP contribution in [0.4, 0.5) is 5.69 Å². The summed E-state index contributed by atoms with van der Waals surface area (Å²) in [4.78, 5) is 30.5. The van der Waals surface area contributed by atoms with Gasteiger partial charge >= 0.3 is 0 Å². The summed E-state index contributed by atoms with van der Waals surface area (Å²) in [5.41, 5.74) is 2.55. The predicted molar refractivity (Wildman–Crippen MR) is 111 cm³/mol. The third kappa shape index (κ3) is 4.52. The zero-order valence-corrected chi connectivity index (χ0v) is 16.9. The lowest BCUT2D eigenvalue weighted by atomic mass is 9.98. The van der Waals surface area contributed by atoms with Crippen molar-refractivity contribution in [2.45, 2.75) is 44.4 Å². The van der Waals surface area contributed by atoms with Gasteiger partial charge in [0.1, 0.15) is 12.7 Å². The van der Waals surface area contributed by atoms with E-state index in [-0.39, 0.29) is 30.9 Å². The first-order valence-electron chi connectivity index (χ1n) is 10.5. The van der Waals surface area contributed by atoms with E-state index in [1.165, 1.54) is 0 Å². The summed E-state index contributed by atoms with van der Waals surface area (Å²) in [5.74, 6) is 0.0389. The fourth-order valence-corrected chi connectivity index (χ4v) is 4.29. The van der Waals surface area contributed by atoms with Crippen molar-refractivity contribution in [3.05, 3.63) is 59.9 Å². The standard InChI is InChI=1S/C23H27N3O4/c27-14-20-22(30-15-21(28)26(20)13-16-9-11-24-12-10-16)17-5-7-19(8-6-17)25-23(29)18-3-1-2-4-18/h5-12,18,20,22,27H,1-4,13-15H2,(H,25,29). The molecule has 4 rings (SSSR count). The van der Waals surface area contributed by atoms with Gasteiger partial charge in [0.15, 0.2) is 0 Å². The molecule has 2 N–H and O–H groups in total. The topological polar surface area (TPSA) is 91.8 Å². The summed E-state index contributed by atoms with van der Waals surface area (Å²) >= 11 is 0. The average Bonchev–Trinajstić information content (AvgIpc) is 3.32. The van der Waals surface area contributed by atoms with Gasteiger partial charge in [-0.05, 0) is 48.2 Å². The van der Waals surface area contributed by atoms with E-state index in [0.29, 0.717) is 6.54 Å². The van der Waals surface area contributed by atoms with Gasteiger partial charge in [-0.3, -0.25) is 14.6 Å². The third-order valence-electron chi connectivity index (χ3n) is 5.98. The third-order valence-corrected chi connectivity index (χ3v) is 5.98. The van der Waals surface area contributed by atoms with Crippen LogP contribution in [0.25, 0.3) is 0 Å². The van der Waals surface area contributed by atoms with Crippen LogP contribution in [0.2, 0.25) is 0 Å². The van der Waals surface area contributed by atoms with E-state index >= 15 is 0 Å². The Morgan fingerprint density at radius 1 is 1.13 bits per heavy atom. The SMILES string of the molecule is O=C(Nc1ccc(C2OCC(=O)N(Cc3ccncc3)C2CO)cc1)C1CCCC1. The molecule has 1 aliphatic heterocycles. The van der Waals surface area contributed by atoms with Crippen molar-refractivity contribution in [2.24, 2.45) is 5.92 Å². The highest BCUT2D eigenvalue weighted by molar-refractivity contribution is 5.92. The fourth-order valence-electron chi connectivity index (χ4n) is 4.29. The molecule has 2 aromatic rings. The van der Waals surface area contributed by atoms with E-state index in [1.807, 2.05) is 36.4 Å². The molecule has 1 saturated heterocycles. The molecular formula is C23H27N3O4. The van der Waals surface area contributed by atoms with Crippen molar-refractivity contribution in [2.75, 3.05) is 18.5 Å². The summed E-state index contributed by atoms with van der Waals surface area (Å²) in [6.45, 7) is 0.149. The molecule has 1 aliphatic carbocycles. The highest BCUT2D eigenvalue weighted by Crippen LogP contribution is 2.31. The van der Waals surface area contributed by atoms with Gasteiger partial charge in [-0.2, -0.15) is 0 Å². The van der Waals surface area contributed by atoms with Gasteiger partial charge in [-0.25, -0.2) is 0 Å². The number of anilines is 1. The van der Waals surface area contributed by atoms with Gasteiger partial charge in [-0.15, -0.1) is 0 Å². The first-order chi connectivity index (χ1) is 14.7. The van der Waals surface area contributed by atoms with Crippen LogP contribution in [0.3, 0.4) is 0 Å². The number of aliphatic hydroxyl groups is 1. The zero-order valence-electron chi connectivity index (χ0n) is 16.9. The van der Waals surface area contributed by atoms with Crippen molar-refractivity contribution in [3.8, 4) is 0 Å². The Bertz CT molecular complexity index is 866. The van der Waals surface area contributed by atoms with E-state index in [2.05, 4.69) is 10.3 Å². The van der Waals surface area contributed by atoms with Crippen LogP contribution in [0.15, 0.2) is 48.8 Å². The molecule has 7 heteroatoms. The number of hydrogen-bond acceptors (Lipinski definition) is 5. The normalized spacial score (nSPS) is 22.3. The Kier molecular flexibility index (Phi) is 6.40. The molecule has 0 radical (unpaired) electrons. The maximum Gasteiger partial charge on any atom is 0.249 e. The Morgan fingerprint density at radius 2 is 1.83 bits per heavy atom. The number of nitrogens with one attached hydrogen (secondary N) is 1. The van der Waals surface area contributed by atoms with Crippen LogP contribution in [-0.4, -0.2) is 46.1 Å². The highest BCUT2D eigenvalue weighted by Gasteiger charge is 2.37. The van der Waals surface area contributed by atoms with Gasteiger partial charge in [0.2, 0.25) is 11.8 Å². The molecule has 2 aliphatic rings. The second-order valence-corrected chi connectivity index (χ2v) is 7.95. The Balaban J connectivity index is 1.46. The second-order valence-electron chi connectivity index (χ2n) is 7.95. The van der Waals surface area contributed by atoms with Crippen molar-refractivity contribution >= 4 is 17.5 Å². The number of aromatic nitrogens is 1. The number of nitrogens with zero attached hydrogens (tertiary/aromatic N) is 2. The van der Waals surface area contributed by atoms with E-state index in [1.54, 1.807) is 17.3 Å². The van der Waals surface area contributed by atoms with Crippen LogP contribution in [0.5, 0.6) is 0 Å². The number of aliphatic hydroxyl groups excluding tert-OH is 1. The lowest BCUT2D eigenvalue weighted by Crippen LogP contribution is -2.52. The van der Waals surface area contributed by atoms with Crippen molar-refractivity contribution in [1.29, 1.82) is 0 Å². The number of pyridine rings is 1. The molecule has 0 bridgehead atoms. The maximum absolute atomic E-state index is 12.5. The molecule has 2 heterocycles. The highest BCUT2D eigenvalue weighted by atomic mass is 16.5. The molecule has 1 aromatic carbocycles. The smallest absolute Gasteiger partial charge is 0.249 e. The molecule has 158 valence electrons. The minimum Gasteiger partial charge on any atom is -0.394 e. The fraction of sp³-hybridized carbons (Fsp3) is 0.435. The molecule has 2 amide bonds. The Labute approximate surface area is 176 Å². The van der Waals surface area contributed by atoms with Crippen LogP contribution >= 0.6 is 0 Å². The molecule has 2 fully saturated rings. The first kappa shape index (κ1) is 20.5. The van der Waals surface area contributed by atoms with E-state index < -0.39 is 12.1 Å². The monoisotopic (exact) mass is 409 g/mol. The number of morpholine rings is 1. The molecule has 0 spiro atoms. The molecule has 1 aromatic heterocycles. The van der Waals surface area contributed by atoms with Gasteiger partial charge in [-0.1, -0.05) is 25.0 Å². The lowest BCUT2D eigenvalue weighted by molar-refractivity contribution is -0.162. The quantitative estimate of drug-likeness (QED) is 0.765. The molecule has 2 atom stereocenters. The second kappa shape index (κ2) is 9.36. The predicted octanol–water partition coefficient (Wildman–Crippen LogP) is 2.67. The minimum atomic E-state index is -0.488. The summed E-state index contributed by atoms with van der Waals surface area (Å²) in [6, 6.07) is 10.7. The van der Waals surface area contributed by atoms with E-state index in [4.69, 9.17) is 4.74 Å². The summed E-state index contributed by atoms with van der Waals surface area (Å²) in [6.07, 6.45) is 7.09. The van der Waals surface area contributed by atoms with Crippen LogP contribution in [0.1, 0.15) is 42.9 Å². The number of carbonyl (C=O) groups excluding carboxylic acids is 2. The van der Waals surface area contributed by atoms with Crippen molar-refractivity contribution in [1.82, 2.24) is 9.88 Å². The molecule has 30 heavy (non-hydrogen) atoms. The Hall–Kier alpha value is -2.77. The van der Waals surface area contributed by atoms with Gasteiger partial charge < -0.3 is 20.1 Å².